The summed E-state index contributed by atoms with van der Waals surface area (Å²) in [5, 5.41) is 3.69. The molecule has 0 aliphatic carbocycles. The highest BCUT2D eigenvalue weighted by atomic mass is 35.5. The van der Waals surface area contributed by atoms with Gasteiger partial charge in [-0.25, -0.2) is 4.98 Å². The summed E-state index contributed by atoms with van der Waals surface area (Å²) in [5.74, 6) is 0.621. The van der Waals surface area contributed by atoms with Gasteiger partial charge in [-0.3, -0.25) is 0 Å². The molecule has 0 bridgehead atoms. The number of ether oxygens (including phenoxy) is 1. The smallest absolute Gasteiger partial charge is 0.217 e. The first-order chi connectivity index (χ1) is 7.27. The molecule has 15 heavy (non-hydrogen) atoms. The van der Waals surface area contributed by atoms with Crippen molar-refractivity contribution >= 4 is 23.2 Å². The van der Waals surface area contributed by atoms with E-state index in [0.717, 1.165) is 5.56 Å². The summed E-state index contributed by atoms with van der Waals surface area (Å²) in [5.41, 5.74) is 2.33. The molecule has 1 heterocycles. The molecule has 0 atom stereocenters. The summed E-state index contributed by atoms with van der Waals surface area (Å²) < 4.78 is 5.10. The molecule has 0 fully saturated rings. The molecule has 0 aliphatic rings. The molecule has 1 aromatic rings. The first kappa shape index (κ1) is 12.3. The molecule has 0 saturated carbocycles. The lowest BCUT2D eigenvalue weighted by molar-refractivity contribution is 0.391. The largest absolute Gasteiger partial charge is 0.481 e. The van der Waals surface area contributed by atoms with E-state index in [4.69, 9.17) is 27.9 Å². The number of pyridine rings is 1. The second kappa shape index (κ2) is 6.67. The minimum atomic E-state index is 0.531. The summed E-state index contributed by atoms with van der Waals surface area (Å²) >= 11 is 11.1. The maximum atomic E-state index is 5.72. The zero-order chi connectivity index (χ0) is 11.1. The van der Waals surface area contributed by atoms with Gasteiger partial charge in [0.25, 0.3) is 0 Å². The Bertz CT molecular complexity index is 342. The molecule has 0 amide bonds. The summed E-state index contributed by atoms with van der Waals surface area (Å²) in [7, 11) is 1.59. The van der Waals surface area contributed by atoms with Crippen LogP contribution in [0.5, 0.6) is 5.88 Å². The maximum absolute atomic E-state index is 5.72. The molecule has 0 saturated heterocycles. The van der Waals surface area contributed by atoms with Gasteiger partial charge < -0.3 is 10.1 Å². The van der Waals surface area contributed by atoms with Crippen molar-refractivity contribution in [2.75, 3.05) is 13.7 Å². The van der Waals surface area contributed by atoms with Crippen LogP contribution < -0.4 is 10.1 Å². The van der Waals surface area contributed by atoms with Gasteiger partial charge in [0.2, 0.25) is 5.88 Å². The number of hydrogen-bond acceptors (Lipinski definition) is 3. The lowest BCUT2D eigenvalue weighted by atomic mass is 10.2. The van der Waals surface area contributed by atoms with Gasteiger partial charge in [0, 0.05) is 35.4 Å². The first-order valence-electron chi connectivity index (χ1n) is 4.41. The van der Waals surface area contributed by atoms with Crippen molar-refractivity contribution < 1.29 is 4.74 Å². The molecule has 5 heteroatoms. The Morgan fingerprint density at radius 1 is 1.67 bits per heavy atom. The number of methoxy groups -OCH3 is 1. The molecule has 82 valence electrons. The van der Waals surface area contributed by atoms with Crippen LogP contribution in [0.3, 0.4) is 0 Å². The van der Waals surface area contributed by atoms with E-state index >= 15 is 0 Å². The highest BCUT2D eigenvalue weighted by molar-refractivity contribution is 6.36. The number of rotatable bonds is 5. The number of nitrogens with zero attached hydrogens (tertiary/aromatic N) is 1. The van der Waals surface area contributed by atoms with Crippen molar-refractivity contribution in [2.45, 2.75) is 6.54 Å². The lowest BCUT2D eigenvalue weighted by Crippen LogP contribution is -2.15. The number of halogens is 2. The van der Waals surface area contributed by atoms with Crippen LogP contribution in [-0.4, -0.2) is 18.6 Å². The quantitative estimate of drug-likeness (QED) is 0.867. The second-order valence-corrected chi connectivity index (χ2v) is 3.54. The van der Waals surface area contributed by atoms with Crippen LogP contribution in [0.1, 0.15) is 5.56 Å². The van der Waals surface area contributed by atoms with E-state index in [1.54, 1.807) is 13.3 Å². The van der Waals surface area contributed by atoms with Crippen LogP contribution in [0.25, 0.3) is 0 Å². The number of aromatic nitrogens is 1. The molecular formula is C10H12Cl2N2O. The van der Waals surface area contributed by atoms with Gasteiger partial charge in [0.05, 0.1) is 7.11 Å². The van der Waals surface area contributed by atoms with Crippen molar-refractivity contribution in [2.24, 2.45) is 0 Å². The molecule has 0 aliphatic heterocycles. The monoisotopic (exact) mass is 246 g/mol. The molecule has 1 N–H and O–H groups in total. The summed E-state index contributed by atoms with van der Waals surface area (Å²) in [4.78, 5) is 4.08. The fourth-order valence-corrected chi connectivity index (χ4v) is 1.27. The molecule has 0 unspecified atom stereocenters. The van der Waals surface area contributed by atoms with Gasteiger partial charge >= 0.3 is 0 Å². The van der Waals surface area contributed by atoms with E-state index in [-0.39, 0.29) is 0 Å². The Balaban J connectivity index is 2.50. The van der Waals surface area contributed by atoms with Crippen LogP contribution in [0.15, 0.2) is 28.9 Å². The highest BCUT2D eigenvalue weighted by Gasteiger charge is 2.02. The molecule has 1 aromatic heterocycles. The van der Waals surface area contributed by atoms with Gasteiger partial charge in [0.15, 0.2) is 0 Å². The summed E-state index contributed by atoms with van der Waals surface area (Å²) in [6.07, 6.45) is 1.69. The van der Waals surface area contributed by atoms with Crippen molar-refractivity contribution in [3.63, 3.8) is 0 Å². The van der Waals surface area contributed by atoms with E-state index in [2.05, 4.69) is 10.3 Å². The van der Waals surface area contributed by atoms with Gasteiger partial charge in [-0.05, 0) is 6.07 Å². The van der Waals surface area contributed by atoms with Crippen LogP contribution >= 0.6 is 23.2 Å². The molecular weight excluding hydrogens is 235 g/mol. The minimum Gasteiger partial charge on any atom is -0.481 e. The molecule has 0 spiro atoms. The van der Waals surface area contributed by atoms with Crippen LogP contribution in [0.2, 0.25) is 0 Å². The summed E-state index contributed by atoms with van der Waals surface area (Å²) in [6, 6.07) is 3.80. The first-order valence-corrected chi connectivity index (χ1v) is 5.22. The van der Waals surface area contributed by atoms with Crippen LogP contribution in [0, 0.1) is 0 Å². The SMILES string of the molecule is COc1ncccc1CNCC(Cl)=CCl. The van der Waals surface area contributed by atoms with Crippen LogP contribution in [-0.2, 0) is 6.54 Å². The standard InChI is InChI=1S/C10H12Cl2N2O/c1-15-10-8(3-2-4-14-10)6-13-7-9(12)5-11/h2-5,13H,6-7H2,1H3. The number of nitrogens with one attached hydrogen (secondary N) is 1. The van der Waals surface area contributed by atoms with E-state index in [9.17, 15) is 0 Å². The molecule has 0 aromatic carbocycles. The Hall–Kier alpha value is -0.770. The average Bonchev–Trinajstić information content (AvgIpc) is 2.29. The maximum Gasteiger partial charge on any atom is 0.217 e. The fourth-order valence-electron chi connectivity index (χ4n) is 1.10. The zero-order valence-electron chi connectivity index (χ0n) is 8.34. The predicted octanol–water partition coefficient (Wildman–Crippen LogP) is 2.50. The topological polar surface area (TPSA) is 34.1 Å². The molecule has 1 rings (SSSR count). The van der Waals surface area contributed by atoms with E-state index in [1.165, 1.54) is 5.54 Å². The van der Waals surface area contributed by atoms with E-state index < -0.39 is 0 Å². The molecule has 3 nitrogen and oxygen atoms in total. The normalized spacial score (nSPS) is 11.5. The summed E-state index contributed by atoms with van der Waals surface area (Å²) in [6.45, 7) is 1.17. The van der Waals surface area contributed by atoms with Gasteiger partial charge in [0.1, 0.15) is 0 Å². The second-order valence-electron chi connectivity index (χ2n) is 2.83. The Kier molecular flexibility index (Phi) is 5.47. The van der Waals surface area contributed by atoms with Gasteiger partial charge in [-0.2, -0.15) is 0 Å². The third kappa shape index (κ3) is 4.08. The highest BCUT2D eigenvalue weighted by Crippen LogP contribution is 2.13. The average molecular weight is 247 g/mol. The van der Waals surface area contributed by atoms with Gasteiger partial charge in [-0.1, -0.05) is 29.3 Å². The van der Waals surface area contributed by atoms with Crippen molar-refractivity contribution in [1.29, 1.82) is 0 Å². The number of hydrogen-bond donors (Lipinski definition) is 1. The Morgan fingerprint density at radius 3 is 3.13 bits per heavy atom. The molecule has 0 radical (unpaired) electrons. The minimum absolute atomic E-state index is 0.531. The van der Waals surface area contributed by atoms with Crippen LogP contribution in [0.4, 0.5) is 0 Å². The lowest BCUT2D eigenvalue weighted by Gasteiger charge is -2.07. The Morgan fingerprint density at radius 2 is 2.47 bits per heavy atom. The fraction of sp³-hybridized carbons (Fsp3) is 0.300. The van der Waals surface area contributed by atoms with E-state index in [0.29, 0.717) is 24.0 Å². The third-order valence-electron chi connectivity index (χ3n) is 1.77. The zero-order valence-corrected chi connectivity index (χ0v) is 9.85. The third-order valence-corrected chi connectivity index (χ3v) is 2.39. The van der Waals surface area contributed by atoms with Crippen molar-refractivity contribution in [3.05, 3.63) is 34.5 Å². The Labute approximate surface area is 99.1 Å². The van der Waals surface area contributed by atoms with E-state index in [1.807, 2.05) is 12.1 Å². The van der Waals surface area contributed by atoms with Gasteiger partial charge in [-0.15, -0.1) is 0 Å². The van der Waals surface area contributed by atoms with Crippen molar-refractivity contribution in [1.82, 2.24) is 10.3 Å². The van der Waals surface area contributed by atoms with Crippen molar-refractivity contribution in [3.8, 4) is 5.88 Å². The predicted molar refractivity (Wildman–Crippen MR) is 62.3 cm³/mol.